The molecule has 0 unspecified atom stereocenters. The number of aryl methyl sites for hydroxylation is 1. The molecule has 2 amide bonds. The molecule has 0 radical (unpaired) electrons. The quantitative estimate of drug-likeness (QED) is 0.675. The fraction of sp³-hybridized carbons (Fsp3) is 0.250. The molecule has 4 rings (SSSR count). The first-order valence-electron chi connectivity index (χ1n) is 7.80. The molecule has 0 saturated carbocycles. The number of fused-ring (bicyclic) bond motifs is 1. The van der Waals surface area contributed by atoms with Gasteiger partial charge < -0.3 is 15.1 Å². The van der Waals surface area contributed by atoms with Crippen molar-refractivity contribution < 1.29 is 14.0 Å². The molecular weight excluding hydrogens is 324 g/mol. The van der Waals surface area contributed by atoms with Crippen LogP contribution in [-0.4, -0.2) is 31.8 Å². The van der Waals surface area contributed by atoms with E-state index < -0.39 is 0 Å². The van der Waals surface area contributed by atoms with E-state index in [9.17, 15) is 9.59 Å². The minimum absolute atomic E-state index is 0.0365. The predicted octanol–water partition coefficient (Wildman–Crippen LogP) is 2.10. The van der Waals surface area contributed by atoms with Crippen LogP contribution in [0.25, 0.3) is 11.5 Å². The van der Waals surface area contributed by atoms with E-state index in [0.29, 0.717) is 29.5 Å². The highest BCUT2D eigenvalue weighted by Gasteiger charge is 2.30. The van der Waals surface area contributed by atoms with Gasteiger partial charge in [0.05, 0.1) is 6.26 Å². The van der Waals surface area contributed by atoms with Gasteiger partial charge in [-0.25, -0.2) is 0 Å². The van der Waals surface area contributed by atoms with Crippen LogP contribution in [0.2, 0.25) is 0 Å². The zero-order chi connectivity index (χ0) is 17.6. The molecule has 0 bridgehead atoms. The molecule has 9 nitrogen and oxygen atoms in total. The maximum Gasteiger partial charge on any atom is 0.277 e. The van der Waals surface area contributed by atoms with Gasteiger partial charge in [0.1, 0.15) is 11.5 Å². The third-order valence-electron chi connectivity index (χ3n) is 4.16. The van der Waals surface area contributed by atoms with Crippen LogP contribution in [0.3, 0.4) is 0 Å². The van der Waals surface area contributed by atoms with Crippen LogP contribution in [0.1, 0.15) is 35.3 Å². The van der Waals surface area contributed by atoms with E-state index in [0.717, 1.165) is 5.56 Å². The number of hydrogen-bond acceptors (Lipinski definition) is 5. The topological polar surface area (TPSA) is 118 Å². The minimum atomic E-state index is -0.390. The zero-order valence-electron chi connectivity index (χ0n) is 13.7. The van der Waals surface area contributed by atoms with Crippen molar-refractivity contribution in [3.8, 4) is 11.5 Å². The van der Waals surface area contributed by atoms with E-state index in [2.05, 4.69) is 25.9 Å². The van der Waals surface area contributed by atoms with Gasteiger partial charge in [0, 0.05) is 25.1 Å². The summed E-state index contributed by atoms with van der Waals surface area (Å²) < 4.78 is 6.83. The second-order valence-electron chi connectivity index (χ2n) is 5.99. The zero-order valence-corrected chi connectivity index (χ0v) is 13.7. The first-order chi connectivity index (χ1) is 12.0. The Labute approximate surface area is 142 Å². The molecule has 1 atom stereocenters. The van der Waals surface area contributed by atoms with Crippen molar-refractivity contribution >= 4 is 23.5 Å². The second kappa shape index (κ2) is 5.62. The summed E-state index contributed by atoms with van der Waals surface area (Å²) in [5.74, 6) is 1.15. The van der Waals surface area contributed by atoms with Crippen molar-refractivity contribution in [2.75, 3.05) is 10.6 Å². The number of carbonyl (C=O) groups is 2. The molecule has 128 valence electrons. The number of nitrogens with zero attached hydrogens (tertiary/aromatic N) is 3. The van der Waals surface area contributed by atoms with Crippen LogP contribution in [0, 0.1) is 0 Å². The summed E-state index contributed by atoms with van der Waals surface area (Å²) in [4.78, 5) is 24.2. The summed E-state index contributed by atoms with van der Waals surface area (Å²) in [6, 6.07) is 5.13. The molecule has 25 heavy (non-hydrogen) atoms. The van der Waals surface area contributed by atoms with Gasteiger partial charge in [0.15, 0.2) is 17.3 Å². The lowest BCUT2D eigenvalue weighted by molar-refractivity contribution is -0.116. The third-order valence-corrected chi connectivity index (χ3v) is 4.16. The lowest BCUT2D eigenvalue weighted by Crippen LogP contribution is -2.23. The van der Waals surface area contributed by atoms with E-state index >= 15 is 0 Å². The van der Waals surface area contributed by atoms with Gasteiger partial charge in [-0.3, -0.25) is 19.4 Å². The van der Waals surface area contributed by atoms with E-state index in [1.54, 1.807) is 36.2 Å². The lowest BCUT2D eigenvalue weighted by atomic mass is 9.95. The molecule has 1 aliphatic heterocycles. The number of aromatic amines is 1. The van der Waals surface area contributed by atoms with Gasteiger partial charge >= 0.3 is 0 Å². The number of nitrogens with one attached hydrogen (secondary N) is 3. The number of rotatable bonds is 3. The number of carbonyl (C=O) groups excluding carboxylic acids is 2. The monoisotopic (exact) mass is 340 g/mol. The maximum absolute atomic E-state index is 12.5. The maximum atomic E-state index is 12.5. The highest BCUT2D eigenvalue weighted by atomic mass is 16.3. The van der Waals surface area contributed by atoms with Gasteiger partial charge in [0.25, 0.3) is 5.91 Å². The van der Waals surface area contributed by atoms with Crippen LogP contribution in [0.5, 0.6) is 0 Å². The van der Waals surface area contributed by atoms with Crippen molar-refractivity contribution in [3.63, 3.8) is 0 Å². The van der Waals surface area contributed by atoms with Crippen LogP contribution >= 0.6 is 0 Å². The Hall–Kier alpha value is -3.36. The van der Waals surface area contributed by atoms with Gasteiger partial charge in [-0.15, -0.1) is 0 Å². The van der Waals surface area contributed by atoms with Gasteiger partial charge in [0.2, 0.25) is 5.91 Å². The first-order valence-corrected chi connectivity index (χ1v) is 7.80. The highest BCUT2D eigenvalue weighted by Crippen LogP contribution is 2.37. The number of H-pyrrole nitrogens is 1. The van der Waals surface area contributed by atoms with Crippen molar-refractivity contribution in [1.29, 1.82) is 0 Å². The van der Waals surface area contributed by atoms with Crippen LogP contribution in [0.15, 0.2) is 28.9 Å². The van der Waals surface area contributed by atoms with Crippen LogP contribution in [-0.2, 0) is 11.8 Å². The average Bonchev–Trinajstić information content (AvgIpc) is 3.28. The second-order valence-corrected chi connectivity index (χ2v) is 5.99. The summed E-state index contributed by atoms with van der Waals surface area (Å²) in [5.41, 5.74) is 1.65. The summed E-state index contributed by atoms with van der Waals surface area (Å²) in [6.45, 7) is 1.93. The Bertz CT molecular complexity index is 953. The van der Waals surface area contributed by atoms with Crippen molar-refractivity contribution in [2.24, 2.45) is 7.05 Å². The summed E-state index contributed by atoms with van der Waals surface area (Å²) in [6.07, 6.45) is 1.90. The Balaban J connectivity index is 1.60. The van der Waals surface area contributed by atoms with Crippen molar-refractivity contribution in [1.82, 2.24) is 20.0 Å². The van der Waals surface area contributed by atoms with Crippen molar-refractivity contribution in [2.45, 2.75) is 19.3 Å². The predicted molar refractivity (Wildman–Crippen MR) is 89.1 cm³/mol. The van der Waals surface area contributed by atoms with Crippen molar-refractivity contribution in [3.05, 3.63) is 35.7 Å². The number of furan rings is 1. The Morgan fingerprint density at radius 3 is 3.08 bits per heavy atom. The molecule has 3 aromatic heterocycles. The molecule has 3 N–H and O–H groups in total. The molecule has 0 saturated heterocycles. The Morgan fingerprint density at radius 2 is 2.32 bits per heavy atom. The molecule has 0 aliphatic carbocycles. The molecular formula is C16H16N6O3. The van der Waals surface area contributed by atoms with Gasteiger partial charge in [-0.05, 0) is 18.1 Å². The Kier molecular flexibility index (Phi) is 3.41. The smallest absolute Gasteiger partial charge is 0.277 e. The molecule has 4 heterocycles. The third kappa shape index (κ3) is 2.59. The van der Waals surface area contributed by atoms with Gasteiger partial charge in [-0.2, -0.15) is 10.2 Å². The Morgan fingerprint density at radius 1 is 1.48 bits per heavy atom. The summed E-state index contributed by atoms with van der Waals surface area (Å²) >= 11 is 0. The van der Waals surface area contributed by atoms with Crippen LogP contribution in [0.4, 0.5) is 11.6 Å². The van der Waals surface area contributed by atoms with Crippen LogP contribution < -0.4 is 10.6 Å². The SMILES string of the molecule is C[C@H]1CC(=O)Nc2c1c(NC(=O)c1cc(-c3ccco3)[nH]n1)nn2C. The average molecular weight is 340 g/mol. The van der Waals surface area contributed by atoms with Gasteiger partial charge in [-0.1, -0.05) is 6.92 Å². The van der Waals surface area contributed by atoms with E-state index in [4.69, 9.17) is 4.42 Å². The lowest BCUT2D eigenvalue weighted by Gasteiger charge is -2.20. The van der Waals surface area contributed by atoms with E-state index in [-0.39, 0.29) is 23.4 Å². The molecule has 1 aliphatic rings. The number of anilines is 2. The molecule has 0 fully saturated rings. The fourth-order valence-corrected chi connectivity index (χ4v) is 2.98. The highest BCUT2D eigenvalue weighted by molar-refractivity contribution is 6.04. The number of hydrogen-bond donors (Lipinski definition) is 3. The van der Waals surface area contributed by atoms with E-state index in [1.165, 1.54) is 0 Å². The fourth-order valence-electron chi connectivity index (χ4n) is 2.98. The number of aromatic nitrogens is 4. The standard InChI is InChI=1S/C16H16N6O3/c1-8-6-12(23)17-15-13(8)14(21-22(15)2)18-16(24)10-7-9(19-20-10)11-4-3-5-25-11/h3-5,7-8H,6H2,1-2H3,(H,17,23)(H,19,20)(H,18,21,24)/t8-/m0/s1. The summed E-state index contributed by atoms with van der Waals surface area (Å²) in [7, 11) is 1.72. The summed E-state index contributed by atoms with van der Waals surface area (Å²) in [5, 5.41) is 16.7. The number of amides is 2. The first kappa shape index (κ1) is 15.2. The normalized spacial score (nSPS) is 16.4. The van der Waals surface area contributed by atoms with E-state index in [1.807, 2.05) is 6.92 Å². The molecule has 9 heteroatoms. The minimum Gasteiger partial charge on any atom is -0.463 e. The molecule has 3 aromatic rings. The largest absolute Gasteiger partial charge is 0.463 e. The molecule has 0 spiro atoms. The molecule has 0 aromatic carbocycles.